The summed E-state index contributed by atoms with van der Waals surface area (Å²) >= 11 is 0. The lowest BCUT2D eigenvalue weighted by Crippen LogP contribution is -2.28. The summed E-state index contributed by atoms with van der Waals surface area (Å²) in [6.45, 7) is 5.11. The molecular formula is C12H19NO. The fourth-order valence-electron chi connectivity index (χ4n) is 1.29. The lowest BCUT2D eigenvalue weighted by atomic mass is 10.1. The van der Waals surface area contributed by atoms with E-state index in [0.717, 1.165) is 6.54 Å². The van der Waals surface area contributed by atoms with E-state index in [0.29, 0.717) is 6.04 Å². The van der Waals surface area contributed by atoms with Gasteiger partial charge in [-0.25, -0.2) is 0 Å². The van der Waals surface area contributed by atoms with Crippen molar-refractivity contribution >= 4 is 0 Å². The van der Waals surface area contributed by atoms with Crippen LogP contribution < -0.4 is 5.32 Å². The summed E-state index contributed by atoms with van der Waals surface area (Å²) in [4.78, 5) is 0. The predicted octanol–water partition coefficient (Wildman–Crippen LogP) is 2.37. The molecule has 1 rings (SSSR count). The highest BCUT2D eigenvalue weighted by molar-refractivity contribution is 5.17. The van der Waals surface area contributed by atoms with Crippen molar-refractivity contribution in [3.05, 3.63) is 35.9 Å². The summed E-state index contributed by atoms with van der Waals surface area (Å²) in [5.41, 5.74) is 1.32. The molecule has 1 aromatic rings. The Morgan fingerprint density at radius 2 is 1.86 bits per heavy atom. The Balaban J connectivity index is 2.39. The van der Waals surface area contributed by atoms with Gasteiger partial charge in [-0.1, -0.05) is 30.3 Å². The fraction of sp³-hybridized carbons (Fsp3) is 0.500. The van der Waals surface area contributed by atoms with Crippen molar-refractivity contribution in [2.75, 3.05) is 13.7 Å². The van der Waals surface area contributed by atoms with Gasteiger partial charge in [-0.3, -0.25) is 0 Å². The van der Waals surface area contributed by atoms with Crippen molar-refractivity contribution in [2.24, 2.45) is 0 Å². The molecular weight excluding hydrogens is 174 g/mol. The van der Waals surface area contributed by atoms with Crippen LogP contribution in [0.1, 0.15) is 25.5 Å². The van der Waals surface area contributed by atoms with Crippen LogP contribution in [0.5, 0.6) is 0 Å². The summed E-state index contributed by atoms with van der Waals surface area (Å²) < 4.78 is 5.17. The van der Waals surface area contributed by atoms with Crippen LogP contribution in [0.4, 0.5) is 0 Å². The van der Waals surface area contributed by atoms with Gasteiger partial charge in [0.15, 0.2) is 0 Å². The van der Waals surface area contributed by atoms with Crippen LogP contribution in [0.2, 0.25) is 0 Å². The van der Waals surface area contributed by atoms with E-state index in [1.165, 1.54) is 5.56 Å². The summed E-state index contributed by atoms with van der Waals surface area (Å²) in [6, 6.07) is 10.8. The van der Waals surface area contributed by atoms with Crippen molar-refractivity contribution in [3.63, 3.8) is 0 Å². The van der Waals surface area contributed by atoms with E-state index in [1.54, 1.807) is 7.11 Å². The van der Waals surface area contributed by atoms with Crippen molar-refractivity contribution in [1.29, 1.82) is 0 Å². The Morgan fingerprint density at radius 1 is 1.21 bits per heavy atom. The van der Waals surface area contributed by atoms with E-state index < -0.39 is 0 Å². The molecule has 2 nitrogen and oxygen atoms in total. The normalized spacial score (nSPS) is 15.1. The van der Waals surface area contributed by atoms with Crippen molar-refractivity contribution < 1.29 is 4.74 Å². The second kappa shape index (κ2) is 5.78. The summed E-state index contributed by atoms with van der Waals surface area (Å²) in [6.07, 6.45) is 0.265. The third-order valence-electron chi connectivity index (χ3n) is 2.41. The average Bonchev–Trinajstić information content (AvgIpc) is 2.26. The monoisotopic (exact) mass is 193 g/mol. The highest BCUT2D eigenvalue weighted by Gasteiger charge is 2.05. The van der Waals surface area contributed by atoms with Crippen LogP contribution >= 0.6 is 0 Å². The molecule has 0 saturated heterocycles. The Hall–Kier alpha value is -0.860. The van der Waals surface area contributed by atoms with Gasteiger partial charge in [0.25, 0.3) is 0 Å². The van der Waals surface area contributed by atoms with Crippen LogP contribution in [0.15, 0.2) is 30.3 Å². The maximum Gasteiger partial charge on any atom is 0.0667 e. The van der Waals surface area contributed by atoms with Gasteiger partial charge in [0.2, 0.25) is 0 Å². The minimum absolute atomic E-state index is 0.265. The molecule has 78 valence electrons. The molecule has 1 aromatic carbocycles. The van der Waals surface area contributed by atoms with Gasteiger partial charge < -0.3 is 10.1 Å². The van der Waals surface area contributed by atoms with Crippen LogP contribution in [-0.2, 0) is 4.74 Å². The lowest BCUT2D eigenvalue weighted by Gasteiger charge is -2.17. The first kappa shape index (κ1) is 11.2. The van der Waals surface area contributed by atoms with E-state index in [9.17, 15) is 0 Å². The molecule has 0 heterocycles. The molecule has 0 aliphatic rings. The smallest absolute Gasteiger partial charge is 0.0667 e. The predicted molar refractivity (Wildman–Crippen MR) is 59.3 cm³/mol. The SMILES string of the molecule is COC(C)CNC(C)c1ccccc1. The molecule has 0 saturated carbocycles. The standard InChI is InChI=1S/C12H19NO/c1-10(14-3)9-13-11(2)12-7-5-4-6-8-12/h4-8,10-11,13H,9H2,1-3H3. The third-order valence-corrected chi connectivity index (χ3v) is 2.41. The maximum absolute atomic E-state index is 5.17. The van der Waals surface area contributed by atoms with E-state index in [2.05, 4.69) is 43.4 Å². The van der Waals surface area contributed by atoms with Gasteiger partial charge >= 0.3 is 0 Å². The molecule has 2 heteroatoms. The summed E-state index contributed by atoms with van der Waals surface area (Å²) in [7, 11) is 1.74. The van der Waals surface area contributed by atoms with E-state index in [4.69, 9.17) is 4.74 Å². The number of hydrogen-bond donors (Lipinski definition) is 1. The zero-order chi connectivity index (χ0) is 10.4. The molecule has 0 aliphatic heterocycles. The summed E-state index contributed by atoms with van der Waals surface area (Å²) in [5.74, 6) is 0. The van der Waals surface area contributed by atoms with Crippen molar-refractivity contribution in [1.82, 2.24) is 5.32 Å². The first-order valence-electron chi connectivity index (χ1n) is 5.05. The van der Waals surface area contributed by atoms with Crippen LogP contribution in [-0.4, -0.2) is 19.8 Å². The van der Waals surface area contributed by atoms with Gasteiger partial charge in [-0.2, -0.15) is 0 Å². The van der Waals surface area contributed by atoms with Crippen molar-refractivity contribution in [3.8, 4) is 0 Å². The fourth-order valence-corrected chi connectivity index (χ4v) is 1.29. The van der Waals surface area contributed by atoms with Gasteiger partial charge in [-0.15, -0.1) is 0 Å². The van der Waals surface area contributed by atoms with Gasteiger partial charge in [0.05, 0.1) is 6.10 Å². The second-order valence-corrected chi connectivity index (χ2v) is 3.59. The molecule has 14 heavy (non-hydrogen) atoms. The maximum atomic E-state index is 5.17. The number of benzene rings is 1. The zero-order valence-electron chi connectivity index (χ0n) is 9.16. The van der Waals surface area contributed by atoms with Gasteiger partial charge in [0, 0.05) is 19.7 Å². The Bertz CT molecular complexity index is 248. The molecule has 0 spiro atoms. The largest absolute Gasteiger partial charge is 0.380 e. The van der Waals surface area contributed by atoms with Crippen LogP contribution in [0.3, 0.4) is 0 Å². The second-order valence-electron chi connectivity index (χ2n) is 3.59. The highest BCUT2D eigenvalue weighted by Crippen LogP contribution is 2.10. The van der Waals surface area contributed by atoms with E-state index >= 15 is 0 Å². The number of nitrogens with one attached hydrogen (secondary N) is 1. The quantitative estimate of drug-likeness (QED) is 0.775. The average molecular weight is 193 g/mol. The van der Waals surface area contributed by atoms with E-state index in [1.807, 2.05) is 6.07 Å². The van der Waals surface area contributed by atoms with Crippen molar-refractivity contribution in [2.45, 2.75) is 26.0 Å². The number of rotatable bonds is 5. The molecule has 0 aliphatic carbocycles. The third kappa shape index (κ3) is 3.48. The van der Waals surface area contributed by atoms with Crippen LogP contribution in [0, 0.1) is 0 Å². The molecule has 1 N–H and O–H groups in total. The van der Waals surface area contributed by atoms with E-state index in [-0.39, 0.29) is 6.10 Å². The first-order valence-corrected chi connectivity index (χ1v) is 5.05. The number of ether oxygens (including phenoxy) is 1. The Morgan fingerprint density at radius 3 is 2.43 bits per heavy atom. The van der Waals surface area contributed by atoms with Gasteiger partial charge in [0.1, 0.15) is 0 Å². The Labute approximate surface area is 86.3 Å². The minimum atomic E-state index is 0.265. The number of methoxy groups -OCH3 is 1. The molecule has 0 aromatic heterocycles. The first-order chi connectivity index (χ1) is 6.74. The lowest BCUT2D eigenvalue weighted by molar-refractivity contribution is 0.115. The highest BCUT2D eigenvalue weighted by atomic mass is 16.5. The molecule has 0 radical (unpaired) electrons. The van der Waals surface area contributed by atoms with Gasteiger partial charge in [-0.05, 0) is 19.4 Å². The summed E-state index contributed by atoms with van der Waals surface area (Å²) in [5, 5.41) is 3.42. The number of hydrogen-bond acceptors (Lipinski definition) is 2. The topological polar surface area (TPSA) is 21.3 Å². The molecule has 2 unspecified atom stereocenters. The minimum Gasteiger partial charge on any atom is -0.380 e. The van der Waals surface area contributed by atoms with Crippen LogP contribution in [0.25, 0.3) is 0 Å². The molecule has 0 amide bonds. The molecule has 0 bridgehead atoms. The Kier molecular flexibility index (Phi) is 4.63. The molecule has 2 atom stereocenters. The molecule has 0 fully saturated rings. The zero-order valence-corrected chi connectivity index (χ0v) is 9.16.